The van der Waals surface area contributed by atoms with Gasteiger partial charge >= 0.3 is 0 Å². The first-order chi connectivity index (χ1) is 7.09. The van der Waals surface area contributed by atoms with E-state index in [1.54, 1.807) is 5.38 Å². The van der Waals surface area contributed by atoms with E-state index in [9.17, 15) is 9.59 Å². The highest BCUT2D eigenvalue weighted by Crippen LogP contribution is 2.08. The quantitative estimate of drug-likeness (QED) is 0.807. The Balaban J connectivity index is 0.000000921. The van der Waals surface area contributed by atoms with Crippen molar-refractivity contribution >= 4 is 23.2 Å². The molecule has 0 spiro atoms. The Labute approximate surface area is 92.7 Å². The van der Waals surface area contributed by atoms with Gasteiger partial charge in [-0.1, -0.05) is 13.8 Å². The molecule has 0 radical (unpaired) electrons. The van der Waals surface area contributed by atoms with E-state index in [0.29, 0.717) is 11.6 Å². The number of hydrogen-bond donors (Lipinski definition) is 2. The third-order valence-corrected chi connectivity index (χ3v) is 2.14. The number of carbonyl (C=O) groups excluding carboxylic acids is 2. The van der Waals surface area contributed by atoms with E-state index in [4.69, 9.17) is 5.73 Å². The van der Waals surface area contributed by atoms with Gasteiger partial charge in [0.05, 0.1) is 6.54 Å². The Bertz CT molecular complexity index is 336. The van der Waals surface area contributed by atoms with Crippen molar-refractivity contribution < 1.29 is 9.59 Å². The van der Waals surface area contributed by atoms with Gasteiger partial charge in [-0.2, -0.15) is 0 Å². The number of nitrogens with two attached hydrogens (primary N) is 1. The molecular weight excluding hydrogens is 214 g/mol. The van der Waals surface area contributed by atoms with Crippen molar-refractivity contribution in [2.24, 2.45) is 5.73 Å². The first-order valence-corrected chi connectivity index (χ1v) is 5.46. The van der Waals surface area contributed by atoms with Crippen LogP contribution in [-0.4, -0.2) is 16.8 Å². The molecule has 0 aliphatic heterocycles. The summed E-state index contributed by atoms with van der Waals surface area (Å²) in [5, 5.41) is 4.81. The van der Waals surface area contributed by atoms with Gasteiger partial charge in [-0.25, -0.2) is 4.98 Å². The summed E-state index contributed by atoms with van der Waals surface area (Å²) >= 11 is 1.29. The van der Waals surface area contributed by atoms with Gasteiger partial charge in [0.15, 0.2) is 0 Å². The molecule has 5 nitrogen and oxygen atoms in total. The van der Waals surface area contributed by atoms with Crippen LogP contribution in [0.4, 0.5) is 0 Å². The fraction of sp³-hybridized carbons (Fsp3) is 0.444. The molecule has 1 heterocycles. The molecule has 1 aromatic heterocycles. The summed E-state index contributed by atoms with van der Waals surface area (Å²) in [5.41, 5.74) is 5.24. The van der Waals surface area contributed by atoms with Gasteiger partial charge in [-0.05, 0) is 0 Å². The normalized spacial score (nSPS) is 8.73. The van der Waals surface area contributed by atoms with Crippen LogP contribution in [0.3, 0.4) is 0 Å². The van der Waals surface area contributed by atoms with Crippen LogP contribution in [0.2, 0.25) is 0 Å². The minimum Gasteiger partial charge on any atom is -0.364 e. The summed E-state index contributed by atoms with van der Waals surface area (Å²) in [6, 6.07) is 0. The summed E-state index contributed by atoms with van der Waals surface area (Å²) in [7, 11) is 0. The van der Waals surface area contributed by atoms with E-state index in [1.807, 2.05) is 13.8 Å². The van der Waals surface area contributed by atoms with Crippen LogP contribution in [0.25, 0.3) is 0 Å². The first-order valence-electron chi connectivity index (χ1n) is 4.58. The van der Waals surface area contributed by atoms with Crippen molar-refractivity contribution in [3.63, 3.8) is 0 Å². The molecule has 0 atom stereocenters. The van der Waals surface area contributed by atoms with Gasteiger partial charge in [0, 0.05) is 12.3 Å². The van der Waals surface area contributed by atoms with Crippen molar-refractivity contribution in [2.45, 2.75) is 27.3 Å². The average Bonchev–Trinajstić information content (AvgIpc) is 2.66. The molecule has 0 aliphatic rings. The molecule has 6 heteroatoms. The topological polar surface area (TPSA) is 85.1 Å². The minimum atomic E-state index is -0.551. The molecule has 3 N–H and O–H groups in total. The van der Waals surface area contributed by atoms with Gasteiger partial charge in [0.25, 0.3) is 5.91 Å². The Hall–Kier alpha value is -1.43. The number of thiazole rings is 1. The molecule has 0 fully saturated rings. The van der Waals surface area contributed by atoms with Crippen molar-refractivity contribution in [2.75, 3.05) is 0 Å². The van der Waals surface area contributed by atoms with E-state index in [2.05, 4.69) is 10.3 Å². The van der Waals surface area contributed by atoms with Gasteiger partial charge in [0.1, 0.15) is 10.7 Å². The Morgan fingerprint density at radius 1 is 1.53 bits per heavy atom. The number of amides is 2. The zero-order valence-corrected chi connectivity index (χ0v) is 9.85. The van der Waals surface area contributed by atoms with Crippen LogP contribution in [0.15, 0.2) is 5.38 Å². The molecule has 1 rings (SSSR count). The van der Waals surface area contributed by atoms with Gasteiger partial charge in [0.2, 0.25) is 5.91 Å². The fourth-order valence-corrected chi connectivity index (χ4v) is 1.43. The lowest BCUT2D eigenvalue weighted by Gasteiger charge is -1.95. The molecule has 0 aliphatic carbocycles. The average molecular weight is 229 g/mol. The van der Waals surface area contributed by atoms with Crippen LogP contribution in [0, 0.1) is 0 Å². The molecule has 1 aromatic rings. The lowest BCUT2D eigenvalue weighted by Crippen LogP contribution is -2.19. The smallest absolute Gasteiger partial charge is 0.268 e. The van der Waals surface area contributed by atoms with Crippen LogP contribution < -0.4 is 11.1 Å². The number of rotatable bonds is 3. The summed E-state index contributed by atoms with van der Waals surface area (Å²) in [6.07, 6.45) is 0. The molecule has 0 saturated carbocycles. The van der Waals surface area contributed by atoms with Crippen LogP contribution >= 0.6 is 11.3 Å². The molecule has 0 aromatic carbocycles. The third kappa shape index (κ3) is 5.11. The summed E-state index contributed by atoms with van der Waals surface area (Å²) in [5.74, 6) is -0.679. The first kappa shape index (κ1) is 13.6. The maximum Gasteiger partial charge on any atom is 0.268 e. The van der Waals surface area contributed by atoms with Crippen LogP contribution in [0.5, 0.6) is 0 Å². The maximum absolute atomic E-state index is 10.6. The Kier molecular flexibility index (Phi) is 6.28. The van der Waals surface area contributed by atoms with Crippen molar-refractivity contribution in [1.82, 2.24) is 10.3 Å². The highest BCUT2D eigenvalue weighted by Gasteiger charge is 2.06. The number of primary amides is 1. The molecular formula is C9H15N3O2S. The molecule has 2 amide bonds. The van der Waals surface area contributed by atoms with E-state index in [-0.39, 0.29) is 11.6 Å². The Morgan fingerprint density at radius 3 is 2.53 bits per heavy atom. The van der Waals surface area contributed by atoms with Crippen molar-refractivity contribution in [1.29, 1.82) is 0 Å². The molecule has 0 bridgehead atoms. The highest BCUT2D eigenvalue weighted by molar-refractivity contribution is 7.09. The largest absolute Gasteiger partial charge is 0.364 e. The second-order valence-electron chi connectivity index (χ2n) is 2.40. The predicted molar refractivity (Wildman–Crippen MR) is 59.5 cm³/mol. The zero-order valence-electron chi connectivity index (χ0n) is 9.03. The van der Waals surface area contributed by atoms with Crippen molar-refractivity contribution in [3.8, 4) is 0 Å². The number of hydrogen-bond acceptors (Lipinski definition) is 4. The van der Waals surface area contributed by atoms with E-state index < -0.39 is 5.91 Å². The third-order valence-electron chi connectivity index (χ3n) is 1.29. The second kappa shape index (κ2) is 6.94. The summed E-state index contributed by atoms with van der Waals surface area (Å²) in [4.78, 5) is 25.1. The van der Waals surface area contributed by atoms with Crippen molar-refractivity contribution in [3.05, 3.63) is 16.1 Å². The van der Waals surface area contributed by atoms with E-state index >= 15 is 0 Å². The fourth-order valence-electron chi connectivity index (χ4n) is 0.705. The molecule has 15 heavy (non-hydrogen) atoms. The lowest BCUT2D eigenvalue weighted by molar-refractivity contribution is -0.119. The van der Waals surface area contributed by atoms with Gasteiger partial charge < -0.3 is 11.1 Å². The Morgan fingerprint density at radius 2 is 2.13 bits per heavy atom. The SMILES string of the molecule is CC.CC(=O)NCc1nc(C(N)=O)cs1. The number of carbonyl (C=O) groups is 2. The van der Waals surface area contributed by atoms with Gasteiger partial charge in [-0.3, -0.25) is 9.59 Å². The zero-order chi connectivity index (χ0) is 11.8. The predicted octanol–water partition coefficient (Wildman–Crippen LogP) is 0.904. The van der Waals surface area contributed by atoms with Gasteiger partial charge in [-0.15, -0.1) is 11.3 Å². The summed E-state index contributed by atoms with van der Waals surface area (Å²) < 4.78 is 0. The molecule has 0 saturated heterocycles. The minimum absolute atomic E-state index is 0.129. The number of aromatic nitrogens is 1. The lowest BCUT2D eigenvalue weighted by atomic mass is 10.5. The van der Waals surface area contributed by atoms with E-state index in [0.717, 1.165) is 0 Å². The monoisotopic (exact) mass is 229 g/mol. The summed E-state index contributed by atoms with van der Waals surface area (Å²) in [6.45, 7) is 5.76. The second-order valence-corrected chi connectivity index (χ2v) is 3.34. The highest BCUT2D eigenvalue weighted by atomic mass is 32.1. The standard InChI is InChI=1S/C7H9N3O2S.C2H6/c1-4(11)9-2-6-10-5(3-13-6)7(8)12;1-2/h3H,2H2,1H3,(H2,8,12)(H,9,11);1-2H3. The molecule has 0 unspecified atom stereocenters. The maximum atomic E-state index is 10.6. The number of nitrogens with one attached hydrogen (secondary N) is 1. The van der Waals surface area contributed by atoms with Crippen LogP contribution in [-0.2, 0) is 11.3 Å². The molecule has 84 valence electrons. The van der Waals surface area contributed by atoms with E-state index in [1.165, 1.54) is 18.3 Å². The number of nitrogens with zero attached hydrogens (tertiary/aromatic N) is 1. The van der Waals surface area contributed by atoms with Crippen LogP contribution in [0.1, 0.15) is 36.3 Å².